The minimum absolute atomic E-state index is 0.307. The zero-order chi connectivity index (χ0) is 9.83. The van der Waals surface area contributed by atoms with E-state index in [1.165, 1.54) is 0 Å². The third kappa shape index (κ3) is 6.49. The lowest BCUT2D eigenvalue weighted by atomic mass is 10.1. The van der Waals surface area contributed by atoms with Gasteiger partial charge in [0, 0.05) is 18.6 Å². The second-order valence-electron chi connectivity index (χ2n) is 3.93. The average Bonchev–Trinajstić information content (AvgIpc) is 1.83. The maximum absolute atomic E-state index is 12.7. The third-order valence-electron chi connectivity index (χ3n) is 1.35. The largest absolute Gasteiger partial charge is 0.396 e. The number of halogens is 2. The van der Waals surface area contributed by atoms with Gasteiger partial charge in [0.15, 0.2) is 0 Å². The van der Waals surface area contributed by atoms with Gasteiger partial charge in [0.25, 0.3) is 5.92 Å². The van der Waals surface area contributed by atoms with Crippen LogP contribution in [0, 0.1) is 0 Å². The van der Waals surface area contributed by atoms with E-state index in [1.54, 1.807) is 0 Å². The van der Waals surface area contributed by atoms with Crippen molar-refractivity contribution < 1.29 is 13.9 Å². The molecule has 0 aromatic carbocycles. The lowest BCUT2D eigenvalue weighted by Gasteiger charge is -2.24. The van der Waals surface area contributed by atoms with Crippen molar-refractivity contribution in [3.05, 3.63) is 0 Å². The Morgan fingerprint density at radius 2 is 1.75 bits per heavy atom. The molecule has 0 atom stereocenters. The summed E-state index contributed by atoms with van der Waals surface area (Å²) in [5.41, 5.74) is -0.307. The Morgan fingerprint density at radius 3 is 2.08 bits per heavy atom. The average molecular weight is 181 g/mol. The molecule has 0 saturated carbocycles. The first kappa shape index (κ1) is 11.8. The summed E-state index contributed by atoms with van der Waals surface area (Å²) in [7, 11) is 0. The smallest absolute Gasteiger partial charge is 0.262 e. The number of hydrogen-bond donors (Lipinski definition) is 2. The molecule has 74 valence electrons. The fourth-order valence-electron chi connectivity index (χ4n) is 0.646. The van der Waals surface area contributed by atoms with Crippen LogP contribution < -0.4 is 5.32 Å². The first-order valence-electron chi connectivity index (χ1n) is 4.00. The van der Waals surface area contributed by atoms with Gasteiger partial charge in [0.1, 0.15) is 0 Å². The van der Waals surface area contributed by atoms with E-state index in [0.29, 0.717) is 0 Å². The Kier molecular flexibility index (Phi) is 4.06. The molecule has 0 aromatic rings. The molecule has 12 heavy (non-hydrogen) atoms. The Bertz CT molecular complexity index is 132. The maximum atomic E-state index is 12.7. The molecule has 0 unspecified atom stereocenters. The normalized spacial score (nSPS) is 13.5. The zero-order valence-electron chi connectivity index (χ0n) is 7.82. The van der Waals surface area contributed by atoms with Crippen LogP contribution in [-0.2, 0) is 0 Å². The number of hydrogen-bond acceptors (Lipinski definition) is 2. The number of rotatable bonds is 4. The molecule has 0 heterocycles. The predicted molar refractivity (Wildman–Crippen MR) is 44.4 cm³/mol. The number of aliphatic hydroxyl groups is 1. The van der Waals surface area contributed by atoms with Gasteiger partial charge < -0.3 is 10.4 Å². The molecule has 0 fully saturated rings. The predicted octanol–water partition coefficient (Wildman–Crippen LogP) is 1.39. The third-order valence-corrected chi connectivity index (χ3v) is 1.35. The highest BCUT2D eigenvalue weighted by atomic mass is 19.3. The second-order valence-corrected chi connectivity index (χ2v) is 3.93. The van der Waals surface area contributed by atoms with Crippen molar-refractivity contribution in [1.82, 2.24) is 5.32 Å². The number of aliphatic hydroxyl groups excluding tert-OH is 1. The van der Waals surface area contributed by atoms with Gasteiger partial charge in [-0.2, -0.15) is 0 Å². The highest BCUT2D eigenvalue weighted by molar-refractivity contribution is 4.76. The summed E-state index contributed by atoms with van der Waals surface area (Å²) >= 11 is 0. The Morgan fingerprint density at radius 1 is 1.25 bits per heavy atom. The molecule has 0 aliphatic heterocycles. The van der Waals surface area contributed by atoms with Crippen LogP contribution in [0.4, 0.5) is 8.78 Å². The van der Waals surface area contributed by atoms with Crippen molar-refractivity contribution in [3.8, 4) is 0 Å². The van der Waals surface area contributed by atoms with Crippen LogP contribution in [0.1, 0.15) is 27.2 Å². The van der Waals surface area contributed by atoms with Crippen molar-refractivity contribution >= 4 is 0 Å². The molecule has 0 saturated heterocycles. The summed E-state index contributed by atoms with van der Waals surface area (Å²) < 4.78 is 25.5. The second kappa shape index (κ2) is 4.14. The van der Waals surface area contributed by atoms with Gasteiger partial charge >= 0.3 is 0 Å². The molecule has 0 aromatic heterocycles. The van der Waals surface area contributed by atoms with Gasteiger partial charge in [-0.1, -0.05) is 0 Å². The Labute approximate surface area is 72.0 Å². The van der Waals surface area contributed by atoms with Crippen LogP contribution in [0.2, 0.25) is 0 Å². The standard InChI is InChI=1S/C8H17F2NO/c1-7(2,3)11-6-8(9,10)4-5-12/h11-12H,4-6H2,1-3H3. The van der Waals surface area contributed by atoms with Crippen molar-refractivity contribution in [2.75, 3.05) is 13.2 Å². The van der Waals surface area contributed by atoms with Crippen LogP contribution >= 0.6 is 0 Å². The lowest BCUT2D eigenvalue weighted by Crippen LogP contribution is -2.43. The maximum Gasteiger partial charge on any atom is 0.262 e. The summed E-state index contributed by atoms with van der Waals surface area (Å²) in [6.07, 6.45) is -0.476. The van der Waals surface area contributed by atoms with E-state index in [2.05, 4.69) is 5.32 Å². The summed E-state index contributed by atoms with van der Waals surface area (Å²) in [5, 5.41) is 11.0. The van der Waals surface area contributed by atoms with E-state index in [-0.39, 0.29) is 12.1 Å². The van der Waals surface area contributed by atoms with E-state index in [9.17, 15) is 8.78 Å². The molecular weight excluding hydrogens is 164 g/mol. The first-order valence-corrected chi connectivity index (χ1v) is 4.00. The Balaban J connectivity index is 3.75. The summed E-state index contributed by atoms with van der Waals surface area (Å²) in [6, 6.07) is 0. The van der Waals surface area contributed by atoms with E-state index in [1.807, 2.05) is 20.8 Å². The summed E-state index contributed by atoms with van der Waals surface area (Å²) in [4.78, 5) is 0. The molecule has 0 spiro atoms. The molecule has 0 aliphatic carbocycles. The van der Waals surface area contributed by atoms with Crippen molar-refractivity contribution in [2.24, 2.45) is 0 Å². The van der Waals surface area contributed by atoms with Gasteiger partial charge in [-0.25, -0.2) is 8.78 Å². The van der Waals surface area contributed by atoms with Gasteiger partial charge in [-0.15, -0.1) is 0 Å². The SMILES string of the molecule is CC(C)(C)NCC(F)(F)CCO. The first-order chi connectivity index (χ1) is 5.27. The van der Waals surface area contributed by atoms with Crippen LogP contribution in [-0.4, -0.2) is 29.7 Å². The highest BCUT2D eigenvalue weighted by Gasteiger charge is 2.29. The highest BCUT2D eigenvalue weighted by Crippen LogP contribution is 2.17. The molecule has 0 rings (SSSR count). The van der Waals surface area contributed by atoms with E-state index < -0.39 is 19.0 Å². The minimum atomic E-state index is -2.80. The Hall–Kier alpha value is -0.220. The van der Waals surface area contributed by atoms with E-state index in [4.69, 9.17) is 5.11 Å². The summed E-state index contributed by atoms with van der Waals surface area (Å²) in [5.74, 6) is -2.80. The van der Waals surface area contributed by atoms with Gasteiger partial charge in [0.2, 0.25) is 0 Å². The van der Waals surface area contributed by atoms with Crippen molar-refractivity contribution in [1.29, 1.82) is 0 Å². The van der Waals surface area contributed by atoms with Gasteiger partial charge in [-0.3, -0.25) is 0 Å². The molecule has 0 aliphatic rings. The molecular formula is C8H17F2NO. The van der Waals surface area contributed by atoms with Gasteiger partial charge in [-0.05, 0) is 20.8 Å². The lowest BCUT2D eigenvalue weighted by molar-refractivity contribution is -0.0242. The quantitative estimate of drug-likeness (QED) is 0.687. The van der Waals surface area contributed by atoms with Crippen LogP contribution in [0.3, 0.4) is 0 Å². The van der Waals surface area contributed by atoms with E-state index >= 15 is 0 Å². The fourth-order valence-corrected chi connectivity index (χ4v) is 0.646. The van der Waals surface area contributed by atoms with E-state index in [0.717, 1.165) is 0 Å². The molecule has 2 N–H and O–H groups in total. The van der Waals surface area contributed by atoms with Gasteiger partial charge in [0.05, 0.1) is 6.54 Å². The fraction of sp³-hybridized carbons (Fsp3) is 1.00. The monoisotopic (exact) mass is 181 g/mol. The molecule has 0 radical (unpaired) electrons. The van der Waals surface area contributed by atoms with Crippen molar-refractivity contribution in [2.45, 2.75) is 38.7 Å². The van der Waals surface area contributed by atoms with Crippen LogP contribution in [0.15, 0.2) is 0 Å². The molecule has 0 bridgehead atoms. The van der Waals surface area contributed by atoms with Crippen LogP contribution in [0.25, 0.3) is 0 Å². The summed E-state index contributed by atoms with van der Waals surface area (Å²) in [6.45, 7) is 4.61. The number of alkyl halides is 2. The van der Waals surface area contributed by atoms with Crippen molar-refractivity contribution in [3.63, 3.8) is 0 Å². The molecule has 2 nitrogen and oxygen atoms in total. The molecule has 4 heteroatoms. The minimum Gasteiger partial charge on any atom is -0.396 e. The number of nitrogens with one attached hydrogen (secondary N) is 1. The van der Waals surface area contributed by atoms with Crippen LogP contribution in [0.5, 0.6) is 0 Å². The molecule has 0 amide bonds. The zero-order valence-corrected chi connectivity index (χ0v) is 7.82. The topological polar surface area (TPSA) is 32.3 Å².